The van der Waals surface area contributed by atoms with Crippen molar-refractivity contribution in [1.29, 1.82) is 0 Å². The van der Waals surface area contributed by atoms with E-state index in [4.69, 9.17) is 0 Å². The quantitative estimate of drug-likeness (QED) is 0.383. The van der Waals surface area contributed by atoms with E-state index < -0.39 is 12.1 Å². The highest BCUT2D eigenvalue weighted by Gasteiger charge is 2.00. The third-order valence-corrected chi connectivity index (χ3v) is 2.26. The fourth-order valence-corrected chi connectivity index (χ4v) is 1.31. The molecular weight excluding hydrogens is 192 g/mol. The van der Waals surface area contributed by atoms with Crippen molar-refractivity contribution in [3.8, 4) is 0 Å². The van der Waals surface area contributed by atoms with Crippen LogP contribution in [0.3, 0.4) is 0 Å². The van der Waals surface area contributed by atoms with Crippen molar-refractivity contribution in [3.05, 3.63) is 12.2 Å². The molecule has 0 spiro atoms. The Balaban J connectivity index is 3.44. The number of rotatable bonds is 8. The van der Waals surface area contributed by atoms with Crippen LogP contribution in [-0.4, -0.2) is 24.3 Å². The van der Waals surface area contributed by atoms with Gasteiger partial charge in [-0.1, -0.05) is 39.0 Å². The second kappa shape index (κ2) is 9.71. The average Bonchev–Trinajstić information content (AvgIpc) is 2.25. The van der Waals surface area contributed by atoms with Crippen molar-refractivity contribution < 1.29 is 14.6 Å². The maximum absolute atomic E-state index is 10.7. The molecule has 88 valence electrons. The topological polar surface area (TPSA) is 46.5 Å². The van der Waals surface area contributed by atoms with Crippen molar-refractivity contribution in [2.45, 2.75) is 51.6 Å². The van der Waals surface area contributed by atoms with Gasteiger partial charge in [-0.3, -0.25) is 0 Å². The Hall–Kier alpha value is -0.830. The Morgan fingerprint density at radius 2 is 2.00 bits per heavy atom. The van der Waals surface area contributed by atoms with E-state index in [1.54, 1.807) is 0 Å². The molecule has 0 saturated heterocycles. The van der Waals surface area contributed by atoms with Gasteiger partial charge in [-0.15, -0.1) is 0 Å². The highest BCUT2D eigenvalue weighted by molar-refractivity contribution is 5.81. The van der Waals surface area contributed by atoms with E-state index in [2.05, 4.69) is 11.7 Å². The van der Waals surface area contributed by atoms with Crippen LogP contribution in [0.15, 0.2) is 12.2 Å². The number of hydrogen-bond acceptors (Lipinski definition) is 3. The molecule has 1 atom stereocenters. The predicted octanol–water partition coefficient (Wildman–Crippen LogP) is 2.44. The van der Waals surface area contributed by atoms with Crippen LogP contribution in [0.5, 0.6) is 0 Å². The van der Waals surface area contributed by atoms with Gasteiger partial charge in [0.1, 0.15) is 0 Å². The van der Waals surface area contributed by atoms with Gasteiger partial charge >= 0.3 is 5.97 Å². The molecule has 0 aromatic carbocycles. The summed E-state index contributed by atoms with van der Waals surface area (Å²) in [5.41, 5.74) is 0. The van der Waals surface area contributed by atoms with Crippen LogP contribution in [0.1, 0.15) is 45.4 Å². The first-order valence-corrected chi connectivity index (χ1v) is 5.65. The first-order valence-electron chi connectivity index (χ1n) is 5.65. The molecule has 0 bridgehead atoms. The minimum Gasteiger partial charge on any atom is -0.466 e. The molecule has 1 unspecified atom stereocenters. The molecule has 0 amide bonds. The molecule has 0 aliphatic carbocycles. The minimum atomic E-state index is -0.522. The van der Waals surface area contributed by atoms with Gasteiger partial charge in [0.15, 0.2) is 0 Å². The summed E-state index contributed by atoms with van der Waals surface area (Å²) in [7, 11) is 1.32. The van der Waals surface area contributed by atoms with Crippen LogP contribution >= 0.6 is 0 Å². The molecule has 15 heavy (non-hydrogen) atoms. The van der Waals surface area contributed by atoms with Crippen molar-refractivity contribution in [1.82, 2.24) is 0 Å². The Labute approximate surface area is 92.1 Å². The van der Waals surface area contributed by atoms with Crippen LogP contribution < -0.4 is 0 Å². The number of hydrogen-bond donors (Lipinski definition) is 1. The van der Waals surface area contributed by atoms with Crippen molar-refractivity contribution in [2.75, 3.05) is 7.11 Å². The Morgan fingerprint density at radius 3 is 2.60 bits per heavy atom. The van der Waals surface area contributed by atoms with E-state index in [1.807, 2.05) is 0 Å². The van der Waals surface area contributed by atoms with Gasteiger partial charge in [-0.05, 0) is 12.5 Å². The maximum atomic E-state index is 10.7. The van der Waals surface area contributed by atoms with Crippen molar-refractivity contribution in [2.24, 2.45) is 0 Å². The molecular formula is C12H22O3. The molecule has 0 aromatic heterocycles. The normalized spacial score (nSPS) is 13.0. The average molecular weight is 214 g/mol. The van der Waals surface area contributed by atoms with E-state index in [0.29, 0.717) is 0 Å². The summed E-state index contributed by atoms with van der Waals surface area (Å²) in [4.78, 5) is 10.7. The van der Waals surface area contributed by atoms with Gasteiger partial charge in [-0.25, -0.2) is 4.79 Å². The van der Waals surface area contributed by atoms with Gasteiger partial charge < -0.3 is 9.84 Å². The molecule has 3 nitrogen and oxygen atoms in total. The smallest absolute Gasteiger partial charge is 0.330 e. The molecule has 0 fully saturated rings. The monoisotopic (exact) mass is 214 g/mol. The molecule has 0 radical (unpaired) electrons. The molecule has 3 heteroatoms. The molecule has 1 N–H and O–H groups in total. The lowest BCUT2D eigenvalue weighted by Crippen LogP contribution is -2.04. The summed E-state index contributed by atoms with van der Waals surface area (Å²) in [6, 6.07) is 0. The lowest BCUT2D eigenvalue weighted by Gasteiger charge is -2.04. The summed E-state index contributed by atoms with van der Waals surface area (Å²) in [6.07, 6.45) is 8.83. The van der Waals surface area contributed by atoms with E-state index in [1.165, 1.54) is 38.5 Å². The molecule has 0 heterocycles. The number of methoxy groups -OCH3 is 1. The van der Waals surface area contributed by atoms with Crippen LogP contribution in [-0.2, 0) is 9.53 Å². The zero-order chi connectivity index (χ0) is 11.5. The zero-order valence-electron chi connectivity index (χ0n) is 9.74. The number of aliphatic hydroxyl groups is 1. The van der Waals surface area contributed by atoms with Gasteiger partial charge in [0.05, 0.1) is 13.2 Å². The van der Waals surface area contributed by atoms with Crippen LogP contribution in [0.4, 0.5) is 0 Å². The molecule has 0 aliphatic heterocycles. The lowest BCUT2D eigenvalue weighted by atomic mass is 10.1. The predicted molar refractivity (Wildman–Crippen MR) is 60.5 cm³/mol. The number of esters is 1. The third-order valence-electron chi connectivity index (χ3n) is 2.26. The summed E-state index contributed by atoms with van der Waals surface area (Å²) in [5.74, 6) is -0.417. The first-order chi connectivity index (χ1) is 7.20. The Morgan fingerprint density at radius 1 is 1.33 bits per heavy atom. The molecule has 0 aliphatic rings. The summed E-state index contributed by atoms with van der Waals surface area (Å²) < 4.78 is 4.42. The van der Waals surface area contributed by atoms with Crippen LogP contribution in [0.25, 0.3) is 0 Å². The van der Waals surface area contributed by atoms with E-state index in [9.17, 15) is 9.90 Å². The molecule has 0 aromatic rings. The standard InChI is InChI=1S/C12H22O3/c1-3-4-5-6-7-8-11(13)9-10-12(14)15-2/h9-11,13H,3-8H2,1-2H3/b10-9+. The maximum Gasteiger partial charge on any atom is 0.330 e. The Kier molecular flexibility index (Phi) is 9.18. The van der Waals surface area contributed by atoms with Crippen molar-refractivity contribution in [3.63, 3.8) is 0 Å². The van der Waals surface area contributed by atoms with Gasteiger partial charge in [0.25, 0.3) is 0 Å². The number of carbonyl (C=O) groups excluding carboxylic acids is 1. The highest BCUT2D eigenvalue weighted by Crippen LogP contribution is 2.07. The lowest BCUT2D eigenvalue weighted by molar-refractivity contribution is -0.134. The zero-order valence-corrected chi connectivity index (χ0v) is 9.74. The van der Waals surface area contributed by atoms with E-state index in [0.717, 1.165) is 19.3 Å². The fraction of sp³-hybridized carbons (Fsp3) is 0.750. The molecule has 0 saturated carbocycles. The number of aliphatic hydroxyl groups excluding tert-OH is 1. The highest BCUT2D eigenvalue weighted by atomic mass is 16.5. The number of carbonyl (C=O) groups is 1. The minimum absolute atomic E-state index is 0.417. The van der Waals surface area contributed by atoms with Crippen LogP contribution in [0, 0.1) is 0 Å². The van der Waals surface area contributed by atoms with Gasteiger partial charge in [-0.2, -0.15) is 0 Å². The van der Waals surface area contributed by atoms with Gasteiger partial charge in [0, 0.05) is 6.08 Å². The second-order valence-electron chi connectivity index (χ2n) is 3.65. The summed E-state index contributed by atoms with van der Waals surface area (Å²) in [5, 5.41) is 9.46. The summed E-state index contributed by atoms with van der Waals surface area (Å²) >= 11 is 0. The molecule has 0 rings (SSSR count). The van der Waals surface area contributed by atoms with E-state index >= 15 is 0 Å². The number of ether oxygens (including phenoxy) is 1. The van der Waals surface area contributed by atoms with Gasteiger partial charge in [0.2, 0.25) is 0 Å². The summed E-state index contributed by atoms with van der Waals surface area (Å²) in [6.45, 7) is 2.17. The first kappa shape index (κ1) is 14.2. The Bertz CT molecular complexity index is 187. The second-order valence-corrected chi connectivity index (χ2v) is 3.65. The number of unbranched alkanes of at least 4 members (excludes halogenated alkanes) is 4. The van der Waals surface area contributed by atoms with Crippen molar-refractivity contribution >= 4 is 5.97 Å². The largest absolute Gasteiger partial charge is 0.466 e. The third kappa shape index (κ3) is 9.47. The fourth-order valence-electron chi connectivity index (χ4n) is 1.31. The van der Waals surface area contributed by atoms with E-state index in [-0.39, 0.29) is 0 Å². The SMILES string of the molecule is CCCCCCCC(O)/C=C/C(=O)OC. The van der Waals surface area contributed by atoms with Crippen LogP contribution in [0.2, 0.25) is 0 Å².